The van der Waals surface area contributed by atoms with Crippen LogP contribution in [0.4, 0.5) is 5.69 Å². The van der Waals surface area contributed by atoms with E-state index in [-0.39, 0.29) is 5.78 Å². The van der Waals surface area contributed by atoms with Crippen LogP contribution in [0, 0.1) is 0 Å². The first-order chi connectivity index (χ1) is 16.1. The maximum atomic E-state index is 12.4. The number of hydrogen-bond donors (Lipinski definition) is 1. The zero-order chi connectivity index (χ0) is 23.6. The summed E-state index contributed by atoms with van der Waals surface area (Å²) in [6.45, 7) is 0. The number of benzene rings is 3. The molecule has 0 atom stereocenters. The van der Waals surface area contributed by atoms with Crippen LogP contribution >= 0.6 is 0 Å². The quantitative estimate of drug-likeness (QED) is 0.245. The van der Waals surface area contributed by atoms with Gasteiger partial charge in [0.05, 0.1) is 28.4 Å². The third-order valence-electron chi connectivity index (χ3n) is 4.88. The van der Waals surface area contributed by atoms with Gasteiger partial charge in [-0.15, -0.1) is 0 Å². The van der Waals surface area contributed by atoms with E-state index in [1.165, 1.54) is 6.08 Å². The van der Waals surface area contributed by atoms with E-state index in [9.17, 15) is 4.79 Å². The average Bonchev–Trinajstić information content (AvgIpc) is 2.86. The number of anilines is 1. The molecule has 170 valence electrons. The van der Waals surface area contributed by atoms with Gasteiger partial charge >= 0.3 is 0 Å². The molecule has 3 aromatic rings. The van der Waals surface area contributed by atoms with Gasteiger partial charge in [0.2, 0.25) is 5.75 Å². The summed E-state index contributed by atoms with van der Waals surface area (Å²) in [5.74, 6) is 2.28. The summed E-state index contributed by atoms with van der Waals surface area (Å²) in [5, 5.41) is 3.14. The van der Waals surface area contributed by atoms with Gasteiger partial charge in [-0.25, -0.2) is 0 Å². The van der Waals surface area contributed by atoms with Crippen molar-refractivity contribution in [2.45, 2.75) is 0 Å². The number of methoxy groups -OCH3 is 4. The lowest BCUT2D eigenvalue weighted by molar-refractivity contribution is 0.104. The van der Waals surface area contributed by atoms with Gasteiger partial charge in [-0.3, -0.25) is 4.79 Å². The first kappa shape index (κ1) is 23.5. The van der Waals surface area contributed by atoms with Crippen LogP contribution in [0.5, 0.6) is 23.0 Å². The Morgan fingerprint density at radius 3 is 2.12 bits per heavy atom. The molecule has 0 heterocycles. The first-order valence-electron chi connectivity index (χ1n) is 10.3. The Balaban J connectivity index is 1.70. The van der Waals surface area contributed by atoms with Gasteiger partial charge in [0.15, 0.2) is 17.3 Å². The summed E-state index contributed by atoms with van der Waals surface area (Å²) in [4.78, 5) is 12.4. The van der Waals surface area contributed by atoms with Gasteiger partial charge in [-0.2, -0.15) is 0 Å². The molecule has 0 fully saturated rings. The molecule has 0 aliphatic carbocycles. The zero-order valence-corrected chi connectivity index (χ0v) is 19.1. The fourth-order valence-corrected chi connectivity index (χ4v) is 3.21. The highest BCUT2D eigenvalue weighted by Gasteiger charge is 2.12. The first-order valence-corrected chi connectivity index (χ1v) is 10.3. The van der Waals surface area contributed by atoms with Gasteiger partial charge in [-0.05, 0) is 47.5 Å². The highest BCUT2D eigenvalue weighted by atomic mass is 16.5. The smallest absolute Gasteiger partial charge is 0.203 e. The van der Waals surface area contributed by atoms with E-state index in [2.05, 4.69) is 5.32 Å². The lowest BCUT2D eigenvalue weighted by atomic mass is 10.1. The largest absolute Gasteiger partial charge is 0.497 e. The predicted molar refractivity (Wildman–Crippen MR) is 132 cm³/mol. The van der Waals surface area contributed by atoms with Crippen molar-refractivity contribution in [1.82, 2.24) is 0 Å². The molecule has 0 bridgehead atoms. The molecule has 0 saturated heterocycles. The molecule has 0 aromatic heterocycles. The Labute approximate surface area is 194 Å². The normalized spacial score (nSPS) is 10.9. The van der Waals surface area contributed by atoms with E-state index in [4.69, 9.17) is 18.9 Å². The van der Waals surface area contributed by atoms with E-state index in [1.54, 1.807) is 58.9 Å². The number of carbonyl (C=O) groups is 1. The molecule has 0 aliphatic rings. The van der Waals surface area contributed by atoms with Crippen molar-refractivity contribution in [3.05, 3.63) is 89.6 Å². The lowest BCUT2D eigenvalue weighted by Crippen LogP contribution is -1.97. The molecule has 0 unspecified atom stereocenters. The average molecular weight is 446 g/mol. The summed E-state index contributed by atoms with van der Waals surface area (Å²) in [5.41, 5.74) is 3.32. The Hall–Kier alpha value is -4.19. The predicted octanol–water partition coefficient (Wildman–Crippen LogP) is 5.70. The van der Waals surface area contributed by atoms with E-state index in [0.29, 0.717) is 28.6 Å². The molecule has 1 N–H and O–H groups in total. The molecule has 6 heteroatoms. The number of rotatable bonds is 10. The zero-order valence-electron chi connectivity index (χ0n) is 19.1. The van der Waals surface area contributed by atoms with Crippen LogP contribution in [0.25, 0.3) is 12.2 Å². The number of nitrogens with one attached hydrogen (secondary N) is 1. The van der Waals surface area contributed by atoms with Crippen LogP contribution in [-0.2, 0) is 0 Å². The topological polar surface area (TPSA) is 66.0 Å². The Morgan fingerprint density at radius 2 is 1.45 bits per heavy atom. The number of carbonyl (C=O) groups excluding carboxylic acids is 1. The minimum atomic E-state index is -0.111. The van der Waals surface area contributed by atoms with Crippen molar-refractivity contribution in [1.29, 1.82) is 0 Å². The number of ether oxygens (including phenoxy) is 4. The molecule has 0 spiro atoms. The second-order valence-electron chi connectivity index (χ2n) is 6.99. The third kappa shape index (κ3) is 6.17. The molecule has 3 rings (SSSR count). The second kappa shape index (κ2) is 11.4. The van der Waals surface area contributed by atoms with Crippen molar-refractivity contribution in [3.63, 3.8) is 0 Å². The molecule has 33 heavy (non-hydrogen) atoms. The van der Waals surface area contributed by atoms with Crippen LogP contribution in [0.15, 0.2) is 72.9 Å². The number of ketones is 1. The molecule has 6 nitrogen and oxygen atoms in total. The minimum absolute atomic E-state index is 0.111. The number of allylic oxidation sites excluding steroid dienone is 1. The number of hydrogen-bond acceptors (Lipinski definition) is 6. The van der Waals surface area contributed by atoms with E-state index >= 15 is 0 Å². The molecule has 0 radical (unpaired) electrons. The molecule has 0 aliphatic heterocycles. The van der Waals surface area contributed by atoms with Crippen molar-refractivity contribution < 1.29 is 23.7 Å². The van der Waals surface area contributed by atoms with Crippen LogP contribution in [0.1, 0.15) is 21.5 Å². The summed E-state index contributed by atoms with van der Waals surface area (Å²) >= 11 is 0. The third-order valence-corrected chi connectivity index (χ3v) is 4.88. The van der Waals surface area contributed by atoms with Crippen LogP contribution in [0.2, 0.25) is 0 Å². The van der Waals surface area contributed by atoms with Gasteiger partial charge in [0, 0.05) is 23.5 Å². The monoisotopic (exact) mass is 445 g/mol. The second-order valence-corrected chi connectivity index (χ2v) is 6.99. The fraction of sp³-hybridized carbons (Fsp3) is 0.148. The van der Waals surface area contributed by atoms with Crippen LogP contribution < -0.4 is 24.3 Å². The van der Waals surface area contributed by atoms with Crippen LogP contribution in [0.3, 0.4) is 0 Å². The van der Waals surface area contributed by atoms with Crippen molar-refractivity contribution in [2.24, 2.45) is 0 Å². The van der Waals surface area contributed by atoms with Gasteiger partial charge < -0.3 is 24.3 Å². The van der Waals surface area contributed by atoms with Crippen molar-refractivity contribution >= 4 is 23.6 Å². The molecular formula is C27H27NO5. The van der Waals surface area contributed by atoms with Crippen LogP contribution in [-0.4, -0.2) is 34.2 Å². The molecule has 3 aromatic carbocycles. The SMILES string of the molecule is COc1cccc(C(=O)/C=C\Nc2cccc(/C=C\c3cc(OC)c(OC)c(OC)c3)c2)c1. The minimum Gasteiger partial charge on any atom is -0.497 e. The van der Waals surface area contributed by atoms with Crippen molar-refractivity contribution in [2.75, 3.05) is 33.8 Å². The van der Waals surface area contributed by atoms with Crippen molar-refractivity contribution in [3.8, 4) is 23.0 Å². The summed E-state index contributed by atoms with van der Waals surface area (Å²) in [6.07, 6.45) is 7.07. The molecule has 0 amide bonds. The molecule has 0 saturated carbocycles. The maximum Gasteiger partial charge on any atom is 0.203 e. The Morgan fingerprint density at radius 1 is 0.758 bits per heavy atom. The summed E-state index contributed by atoms with van der Waals surface area (Å²) in [7, 11) is 6.33. The highest BCUT2D eigenvalue weighted by molar-refractivity contribution is 6.04. The Kier molecular flexibility index (Phi) is 8.13. The van der Waals surface area contributed by atoms with E-state index in [1.807, 2.05) is 48.6 Å². The van der Waals surface area contributed by atoms with E-state index < -0.39 is 0 Å². The van der Waals surface area contributed by atoms with E-state index in [0.717, 1.165) is 16.8 Å². The lowest BCUT2D eigenvalue weighted by Gasteiger charge is -2.12. The molecular weight excluding hydrogens is 418 g/mol. The van der Waals surface area contributed by atoms with Gasteiger partial charge in [0.25, 0.3) is 0 Å². The summed E-state index contributed by atoms with van der Waals surface area (Å²) in [6, 6.07) is 18.7. The summed E-state index contributed by atoms with van der Waals surface area (Å²) < 4.78 is 21.3. The Bertz CT molecular complexity index is 1140. The van der Waals surface area contributed by atoms with Gasteiger partial charge in [-0.1, -0.05) is 36.4 Å². The van der Waals surface area contributed by atoms with Gasteiger partial charge in [0.1, 0.15) is 5.75 Å². The standard InChI is InChI=1S/C27H27NO5/c1-30-23-10-6-8-21(18-23)24(29)13-14-28-22-9-5-7-19(15-22)11-12-20-16-25(31-2)27(33-4)26(17-20)32-3/h5-18,28H,1-4H3/b12-11-,14-13-. The maximum absolute atomic E-state index is 12.4. The fourth-order valence-electron chi connectivity index (χ4n) is 3.21. The highest BCUT2D eigenvalue weighted by Crippen LogP contribution is 2.38.